The largest absolute Gasteiger partial charge is 0.294 e. The number of allylic oxidation sites excluding steroid dienone is 5. The molecule has 3 nitrogen and oxygen atoms in total. The molecule has 0 N–H and O–H groups in total. The SMILES string of the molecule is C=C/C=C(C)/C(C(C)=O)=C(/CC)c1ccc(S(C)(=O)=O)cc1. The van der Waals surface area contributed by atoms with Gasteiger partial charge in [-0.15, -0.1) is 0 Å². The molecule has 1 aromatic rings. The van der Waals surface area contributed by atoms with Crippen LogP contribution in [0.15, 0.2) is 59.0 Å². The second-order valence-corrected chi connectivity index (χ2v) is 7.16. The van der Waals surface area contributed by atoms with Gasteiger partial charge in [-0.25, -0.2) is 8.42 Å². The molecule has 0 saturated carbocycles. The van der Waals surface area contributed by atoms with Crippen molar-refractivity contribution < 1.29 is 13.2 Å². The molecule has 118 valence electrons. The fraction of sp³-hybridized carbons (Fsp3) is 0.278. The first-order valence-electron chi connectivity index (χ1n) is 7.06. The van der Waals surface area contributed by atoms with Gasteiger partial charge in [-0.1, -0.05) is 37.8 Å². The molecule has 22 heavy (non-hydrogen) atoms. The van der Waals surface area contributed by atoms with E-state index in [1.807, 2.05) is 13.8 Å². The van der Waals surface area contributed by atoms with Crippen LogP contribution in [0.5, 0.6) is 0 Å². The second-order valence-electron chi connectivity index (χ2n) is 5.15. The van der Waals surface area contributed by atoms with E-state index in [2.05, 4.69) is 6.58 Å². The fourth-order valence-electron chi connectivity index (χ4n) is 2.42. The number of Topliss-reactive ketones (excluding diaryl/α,β-unsaturated/α-hetero) is 1. The summed E-state index contributed by atoms with van der Waals surface area (Å²) in [7, 11) is -3.22. The lowest BCUT2D eigenvalue weighted by Crippen LogP contribution is -2.03. The normalized spacial score (nSPS) is 13.5. The fourth-order valence-corrected chi connectivity index (χ4v) is 3.05. The Labute approximate surface area is 133 Å². The molecule has 0 fully saturated rings. The standard InChI is InChI=1S/C18H22O3S/c1-6-8-13(3)18(14(4)19)17(7-2)15-9-11-16(12-10-15)22(5,20)21/h6,8-12H,1,7H2,2-5H3/b13-8+,18-17+. The first kappa shape index (κ1) is 18.1. The molecule has 0 aliphatic heterocycles. The van der Waals surface area contributed by atoms with E-state index in [9.17, 15) is 13.2 Å². The van der Waals surface area contributed by atoms with Gasteiger partial charge in [0, 0.05) is 11.8 Å². The van der Waals surface area contributed by atoms with Gasteiger partial charge in [0.15, 0.2) is 15.6 Å². The smallest absolute Gasteiger partial charge is 0.175 e. The lowest BCUT2D eigenvalue weighted by atomic mass is 9.91. The van der Waals surface area contributed by atoms with Crippen LogP contribution in [0.3, 0.4) is 0 Å². The zero-order valence-electron chi connectivity index (χ0n) is 13.5. The van der Waals surface area contributed by atoms with Gasteiger partial charge in [0.1, 0.15) is 0 Å². The van der Waals surface area contributed by atoms with Crippen LogP contribution in [0, 0.1) is 0 Å². The average Bonchev–Trinajstić information content (AvgIpc) is 2.43. The number of hydrogen-bond donors (Lipinski definition) is 0. The van der Waals surface area contributed by atoms with E-state index in [0.29, 0.717) is 12.0 Å². The Kier molecular flexibility index (Phi) is 6.06. The Hall–Kier alpha value is -1.94. The molecule has 0 bridgehead atoms. The summed E-state index contributed by atoms with van der Waals surface area (Å²) >= 11 is 0. The van der Waals surface area contributed by atoms with E-state index in [1.165, 1.54) is 13.2 Å². The summed E-state index contributed by atoms with van der Waals surface area (Å²) in [5.41, 5.74) is 3.28. The zero-order valence-corrected chi connectivity index (χ0v) is 14.3. The van der Waals surface area contributed by atoms with Crippen LogP contribution in [0.2, 0.25) is 0 Å². The minimum absolute atomic E-state index is 0.0142. The molecule has 0 saturated heterocycles. The van der Waals surface area contributed by atoms with E-state index in [0.717, 1.165) is 16.7 Å². The van der Waals surface area contributed by atoms with Crippen molar-refractivity contribution in [2.24, 2.45) is 0 Å². The Morgan fingerprint density at radius 1 is 1.18 bits per heavy atom. The average molecular weight is 318 g/mol. The van der Waals surface area contributed by atoms with Crippen molar-refractivity contribution in [1.82, 2.24) is 0 Å². The third-order valence-corrected chi connectivity index (χ3v) is 4.53. The van der Waals surface area contributed by atoms with Crippen molar-refractivity contribution >= 4 is 21.2 Å². The summed E-state index contributed by atoms with van der Waals surface area (Å²) in [6, 6.07) is 6.65. The third kappa shape index (κ3) is 4.28. The highest BCUT2D eigenvalue weighted by Gasteiger charge is 2.15. The van der Waals surface area contributed by atoms with E-state index >= 15 is 0 Å². The lowest BCUT2D eigenvalue weighted by Gasteiger charge is -2.13. The molecule has 0 atom stereocenters. The number of carbonyl (C=O) groups is 1. The molecular formula is C18H22O3S. The summed E-state index contributed by atoms with van der Waals surface area (Å²) in [5, 5.41) is 0. The van der Waals surface area contributed by atoms with Crippen molar-refractivity contribution in [2.45, 2.75) is 32.1 Å². The molecular weight excluding hydrogens is 296 g/mol. The van der Waals surface area contributed by atoms with E-state index < -0.39 is 9.84 Å². The molecule has 1 rings (SSSR count). The number of carbonyl (C=O) groups excluding carboxylic acids is 1. The third-order valence-electron chi connectivity index (χ3n) is 3.40. The number of sulfone groups is 1. The van der Waals surface area contributed by atoms with Crippen LogP contribution in [0.25, 0.3) is 5.57 Å². The van der Waals surface area contributed by atoms with Crippen LogP contribution in [-0.2, 0) is 14.6 Å². The van der Waals surface area contributed by atoms with Gasteiger partial charge in [0.25, 0.3) is 0 Å². The molecule has 4 heteroatoms. The summed E-state index contributed by atoms with van der Waals surface area (Å²) in [4.78, 5) is 12.3. The van der Waals surface area contributed by atoms with Gasteiger partial charge in [-0.05, 0) is 49.1 Å². The Morgan fingerprint density at radius 3 is 2.09 bits per heavy atom. The van der Waals surface area contributed by atoms with Gasteiger partial charge >= 0.3 is 0 Å². The number of ketones is 1. The van der Waals surface area contributed by atoms with Gasteiger partial charge in [0.05, 0.1) is 4.90 Å². The summed E-state index contributed by atoms with van der Waals surface area (Å²) in [5.74, 6) is -0.0142. The first-order chi connectivity index (χ1) is 10.2. The molecule has 0 radical (unpaired) electrons. The predicted octanol–water partition coefficient (Wildman–Crippen LogP) is 3.98. The maximum Gasteiger partial charge on any atom is 0.175 e. The number of hydrogen-bond acceptors (Lipinski definition) is 3. The second kappa shape index (κ2) is 7.36. The molecule has 1 aromatic carbocycles. The van der Waals surface area contributed by atoms with Crippen LogP contribution in [-0.4, -0.2) is 20.5 Å². The predicted molar refractivity (Wildman–Crippen MR) is 91.4 cm³/mol. The maximum absolute atomic E-state index is 12.0. The Balaban J connectivity index is 3.51. The van der Waals surface area contributed by atoms with Crippen LogP contribution in [0.1, 0.15) is 32.8 Å². The van der Waals surface area contributed by atoms with Crippen molar-refractivity contribution in [1.29, 1.82) is 0 Å². The molecule has 0 aromatic heterocycles. The Morgan fingerprint density at radius 2 is 1.73 bits per heavy atom. The minimum atomic E-state index is -3.22. The molecule has 0 aliphatic carbocycles. The van der Waals surface area contributed by atoms with Crippen molar-refractivity contribution in [3.8, 4) is 0 Å². The summed E-state index contributed by atoms with van der Waals surface area (Å²) < 4.78 is 23.1. The van der Waals surface area contributed by atoms with Gasteiger partial charge in [-0.3, -0.25) is 4.79 Å². The molecule has 0 amide bonds. The highest BCUT2D eigenvalue weighted by molar-refractivity contribution is 7.90. The highest BCUT2D eigenvalue weighted by Crippen LogP contribution is 2.28. The van der Waals surface area contributed by atoms with Crippen LogP contribution in [0.4, 0.5) is 0 Å². The zero-order chi connectivity index (χ0) is 16.9. The Bertz CT molecular complexity index is 733. The maximum atomic E-state index is 12.0. The molecule has 0 unspecified atom stereocenters. The van der Waals surface area contributed by atoms with E-state index in [-0.39, 0.29) is 10.7 Å². The van der Waals surface area contributed by atoms with Crippen LogP contribution >= 0.6 is 0 Å². The monoisotopic (exact) mass is 318 g/mol. The van der Waals surface area contributed by atoms with Gasteiger partial charge in [-0.2, -0.15) is 0 Å². The quantitative estimate of drug-likeness (QED) is 0.589. The van der Waals surface area contributed by atoms with Crippen molar-refractivity contribution in [3.05, 3.63) is 59.7 Å². The topological polar surface area (TPSA) is 51.2 Å². The van der Waals surface area contributed by atoms with E-state index in [1.54, 1.807) is 36.4 Å². The molecule has 0 aliphatic rings. The number of rotatable bonds is 6. The highest BCUT2D eigenvalue weighted by atomic mass is 32.2. The van der Waals surface area contributed by atoms with Crippen molar-refractivity contribution in [3.63, 3.8) is 0 Å². The first-order valence-corrected chi connectivity index (χ1v) is 8.95. The molecule has 0 spiro atoms. The van der Waals surface area contributed by atoms with Gasteiger partial charge < -0.3 is 0 Å². The number of benzene rings is 1. The lowest BCUT2D eigenvalue weighted by molar-refractivity contribution is -0.113. The van der Waals surface area contributed by atoms with Crippen LogP contribution < -0.4 is 0 Å². The minimum Gasteiger partial charge on any atom is -0.294 e. The van der Waals surface area contributed by atoms with Crippen molar-refractivity contribution in [2.75, 3.05) is 6.26 Å². The summed E-state index contributed by atoms with van der Waals surface area (Å²) in [6.45, 7) is 9.05. The van der Waals surface area contributed by atoms with Gasteiger partial charge in [0.2, 0.25) is 0 Å². The molecule has 0 heterocycles. The van der Waals surface area contributed by atoms with E-state index in [4.69, 9.17) is 0 Å². The summed E-state index contributed by atoms with van der Waals surface area (Å²) in [6.07, 6.45) is 5.31.